The summed E-state index contributed by atoms with van der Waals surface area (Å²) < 4.78 is 12.8. The van der Waals surface area contributed by atoms with Crippen LogP contribution in [0.1, 0.15) is 12.8 Å². The van der Waals surface area contributed by atoms with E-state index in [9.17, 15) is 9.59 Å². The second-order valence-corrected chi connectivity index (χ2v) is 22.5. The van der Waals surface area contributed by atoms with Crippen LogP contribution < -0.4 is 0 Å². The molecule has 0 amide bonds. The summed E-state index contributed by atoms with van der Waals surface area (Å²) in [5.41, 5.74) is 0. The monoisotopic (exact) mass is 764 g/mol. The Balaban J connectivity index is 1.26. The van der Waals surface area contributed by atoms with E-state index in [2.05, 4.69) is 83.7 Å². The van der Waals surface area contributed by atoms with E-state index >= 15 is 0 Å². The number of carbonyl (C=O) groups is 2. The van der Waals surface area contributed by atoms with Gasteiger partial charge in [-0.1, -0.05) is 13.2 Å². The van der Waals surface area contributed by atoms with Crippen LogP contribution in [0.3, 0.4) is 0 Å². The van der Waals surface area contributed by atoms with Crippen LogP contribution in [0.25, 0.3) is 0 Å². The molecular formula is C28H44O4S10. The average Bonchev–Trinajstić information content (AvgIpc) is 3.72. The van der Waals surface area contributed by atoms with E-state index in [4.69, 9.17) is 9.47 Å². The Kier molecular flexibility index (Phi) is 22.0. The Labute approximate surface area is 296 Å². The number of thioether (sulfide) groups is 10. The minimum atomic E-state index is -0.312. The van der Waals surface area contributed by atoms with Crippen LogP contribution in [0, 0.1) is 0 Å². The van der Waals surface area contributed by atoms with Gasteiger partial charge in [0.2, 0.25) is 0 Å². The highest BCUT2D eigenvalue weighted by molar-refractivity contribution is 8.20. The first-order chi connectivity index (χ1) is 20.6. The molecule has 3 aliphatic heterocycles. The van der Waals surface area contributed by atoms with Gasteiger partial charge in [0.1, 0.15) is 12.2 Å². The fourth-order valence-corrected chi connectivity index (χ4v) is 18.6. The van der Waals surface area contributed by atoms with Crippen LogP contribution in [0.5, 0.6) is 0 Å². The average molecular weight is 765 g/mol. The smallest absolute Gasteiger partial charge is 0.330 e. The summed E-state index contributed by atoms with van der Waals surface area (Å²) in [5, 5.41) is 1.27. The molecule has 42 heavy (non-hydrogen) atoms. The van der Waals surface area contributed by atoms with Crippen LogP contribution in [0.15, 0.2) is 25.3 Å². The van der Waals surface area contributed by atoms with Crippen molar-refractivity contribution in [2.24, 2.45) is 0 Å². The Morgan fingerprint density at radius 2 is 1.02 bits per heavy atom. The minimum Gasteiger partial charge on any atom is -0.457 e. The van der Waals surface area contributed by atoms with Crippen molar-refractivity contribution in [2.45, 2.75) is 44.7 Å². The molecule has 4 nitrogen and oxygen atoms in total. The van der Waals surface area contributed by atoms with Crippen molar-refractivity contribution in [3.63, 3.8) is 0 Å². The van der Waals surface area contributed by atoms with Crippen molar-refractivity contribution in [3.8, 4) is 0 Å². The summed E-state index contributed by atoms with van der Waals surface area (Å²) in [4.78, 5) is 23.7. The third-order valence-electron chi connectivity index (χ3n) is 6.13. The largest absolute Gasteiger partial charge is 0.457 e. The molecular weight excluding hydrogens is 721 g/mol. The Morgan fingerprint density at radius 1 is 0.643 bits per heavy atom. The molecule has 0 N–H and O–H groups in total. The van der Waals surface area contributed by atoms with Crippen molar-refractivity contribution in [2.75, 3.05) is 80.5 Å². The standard InChI is InChI=1S/C28H44O4S10/c1-3-25(29)31-21(13-33-7-5-27-37-9-10-38-27)15-35-17-23-19-42-24(20-41-23)18-36-16-22(32-26(30)4-2)14-34-8-6-28-39-11-12-40-28/h3-4,21-24,27-28H,1-2,5-20H2. The Bertz CT molecular complexity index is 723. The summed E-state index contributed by atoms with van der Waals surface area (Å²) in [5.74, 6) is 14.7. The summed E-state index contributed by atoms with van der Waals surface area (Å²) >= 11 is 20.1. The molecule has 0 aliphatic carbocycles. The number of hydrogen-bond acceptors (Lipinski definition) is 14. The summed E-state index contributed by atoms with van der Waals surface area (Å²) in [7, 11) is 0. The van der Waals surface area contributed by atoms with Crippen molar-refractivity contribution in [1.82, 2.24) is 0 Å². The molecule has 4 atom stereocenters. The topological polar surface area (TPSA) is 52.6 Å². The van der Waals surface area contributed by atoms with Gasteiger partial charge in [-0.05, 0) is 24.3 Å². The molecule has 3 fully saturated rings. The van der Waals surface area contributed by atoms with E-state index < -0.39 is 0 Å². The molecule has 3 saturated heterocycles. The van der Waals surface area contributed by atoms with E-state index in [1.54, 1.807) is 0 Å². The molecule has 4 unspecified atom stereocenters. The van der Waals surface area contributed by atoms with Crippen LogP contribution in [0.2, 0.25) is 0 Å². The number of carbonyl (C=O) groups excluding carboxylic acids is 2. The zero-order chi connectivity index (χ0) is 29.8. The Morgan fingerprint density at radius 3 is 1.38 bits per heavy atom. The third kappa shape index (κ3) is 17.2. The zero-order valence-corrected chi connectivity index (χ0v) is 32.2. The van der Waals surface area contributed by atoms with Gasteiger partial charge in [0.25, 0.3) is 0 Å². The zero-order valence-electron chi connectivity index (χ0n) is 24.1. The number of ether oxygens (including phenoxy) is 2. The van der Waals surface area contributed by atoms with Gasteiger partial charge < -0.3 is 9.47 Å². The second-order valence-electron chi connectivity index (χ2n) is 9.58. The molecule has 3 heterocycles. The predicted molar refractivity (Wildman–Crippen MR) is 209 cm³/mol. The second kappa shape index (κ2) is 24.1. The molecule has 0 spiro atoms. The van der Waals surface area contributed by atoms with Crippen molar-refractivity contribution in [1.29, 1.82) is 0 Å². The highest BCUT2D eigenvalue weighted by Gasteiger charge is 2.24. The molecule has 3 aliphatic rings. The first kappa shape index (κ1) is 38.4. The summed E-state index contributed by atoms with van der Waals surface area (Å²) in [6.45, 7) is 7.14. The van der Waals surface area contributed by atoms with E-state index in [-0.39, 0.29) is 24.1 Å². The highest BCUT2D eigenvalue weighted by Crippen LogP contribution is 2.37. The quantitative estimate of drug-likeness (QED) is 0.0615. The maximum absolute atomic E-state index is 11.9. The van der Waals surface area contributed by atoms with Crippen LogP contribution >= 0.6 is 118 Å². The fraction of sp³-hybridized carbons (Fsp3) is 0.786. The molecule has 0 radical (unpaired) electrons. The molecule has 0 aromatic rings. The molecule has 14 heteroatoms. The molecule has 3 rings (SSSR count). The van der Waals surface area contributed by atoms with Crippen LogP contribution in [0.4, 0.5) is 0 Å². The molecule has 240 valence electrons. The molecule has 0 aromatic carbocycles. The van der Waals surface area contributed by atoms with Gasteiger partial charge in [-0.3, -0.25) is 0 Å². The van der Waals surface area contributed by atoms with Gasteiger partial charge in [0.05, 0.1) is 9.16 Å². The SMILES string of the molecule is C=CC(=O)OC(CSCCC1SCCS1)CSCC1CSC(CSCC(CSCCC2SCCS2)OC(=O)C=C)CS1. The molecule has 0 saturated carbocycles. The number of hydrogen-bond donors (Lipinski definition) is 0. The third-order valence-corrected chi connectivity index (χ3v) is 20.9. The van der Waals surface area contributed by atoms with Crippen molar-refractivity contribution in [3.05, 3.63) is 25.3 Å². The lowest BCUT2D eigenvalue weighted by molar-refractivity contribution is -0.141. The van der Waals surface area contributed by atoms with E-state index in [0.29, 0.717) is 10.5 Å². The molecule has 0 bridgehead atoms. The van der Waals surface area contributed by atoms with Gasteiger partial charge in [-0.25, -0.2) is 9.59 Å². The lowest BCUT2D eigenvalue weighted by Crippen LogP contribution is -2.27. The first-order valence-electron chi connectivity index (χ1n) is 14.2. The maximum Gasteiger partial charge on any atom is 0.330 e. The number of esters is 2. The van der Waals surface area contributed by atoms with Gasteiger partial charge in [-0.2, -0.15) is 70.6 Å². The van der Waals surface area contributed by atoms with Gasteiger partial charge in [-0.15, -0.1) is 47.0 Å². The lowest BCUT2D eigenvalue weighted by atomic mass is 10.4. The van der Waals surface area contributed by atoms with Gasteiger partial charge in [0.15, 0.2) is 0 Å². The minimum absolute atomic E-state index is 0.0541. The lowest BCUT2D eigenvalue weighted by Gasteiger charge is -2.28. The van der Waals surface area contributed by atoms with Gasteiger partial charge in [0, 0.05) is 91.7 Å². The fourth-order valence-electron chi connectivity index (χ4n) is 4.03. The predicted octanol–water partition coefficient (Wildman–Crippen LogP) is 7.72. The maximum atomic E-state index is 11.9. The first-order valence-corrected chi connectivity index (χ1v) is 25.1. The van der Waals surface area contributed by atoms with Crippen molar-refractivity contribution < 1.29 is 19.1 Å². The van der Waals surface area contributed by atoms with Crippen LogP contribution in [-0.4, -0.2) is 124 Å². The van der Waals surface area contributed by atoms with Crippen molar-refractivity contribution >= 4 is 130 Å². The van der Waals surface area contributed by atoms with E-state index in [1.165, 1.54) is 48.0 Å². The van der Waals surface area contributed by atoms with Gasteiger partial charge >= 0.3 is 11.9 Å². The van der Waals surface area contributed by atoms with E-state index in [1.807, 2.05) is 47.0 Å². The Hall–Kier alpha value is 1.92. The summed E-state index contributed by atoms with van der Waals surface area (Å²) in [6.07, 6.45) is 4.90. The highest BCUT2D eigenvalue weighted by atomic mass is 32.2. The van der Waals surface area contributed by atoms with E-state index in [0.717, 1.165) is 66.7 Å². The normalized spacial score (nSPS) is 23.0. The number of rotatable bonds is 22. The summed E-state index contributed by atoms with van der Waals surface area (Å²) in [6, 6.07) is 0. The molecule has 0 aromatic heterocycles. The van der Waals surface area contributed by atoms with Crippen LogP contribution in [-0.2, 0) is 19.1 Å².